The Morgan fingerprint density at radius 3 is 2.55 bits per heavy atom. The highest BCUT2D eigenvalue weighted by molar-refractivity contribution is 7.89. The van der Waals surface area contributed by atoms with Gasteiger partial charge in [0.15, 0.2) is 0 Å². The highest BCUT2D eigenvalue weighted by Gasteiger charge is 2.21. The first-order chi connectivity index (χ1) is 10.2. The largest absolute Gasteiger partial charge is 0.495 e. The van der Waals surface area contributed by atoms with Gasteiger partial charge in [0.2, 0.25) is 10.0 Å². The lowest BCUT2D eigenvalue weighted by Crippen LogP contribution is -2.43. The highest BCUT2D eigenvalue weighted by Crippen LogP contribution is 2.22. The highest BCUT2D eigenvalue weighted by atomic mass is 32.2. The molecule has 1 rings (SSSR count). The van der Waals surface area contributed by atoms with Crippen LogP contribution in [0.5, 0.6) is 5.75 Å². The zero-order valence-corrected chi connectivity index (χ0v) is 13.7. The molecule has 0 aliphatic rings. The Hall–Kier alpha value is -1.80. The number of amides is 1. The van der Waals surface area contributed by atoms with E-state index in [0.29, 0.717) is 12.8 Å². The van der Waals surface area contributed by atoms with Crippen LogP contribution in [-0.2, 0) is 10.0 Å². The number of ether oxygens (including phenoxy) is 1. The first-order valence-corrected chi connectivity index (χ1v) is 8.30. The number of benzene rings is 1. The van der Waals surface area contributed by atoms with Gasteiger partial charge in [-0.1, -0.05) is 12.1 Å². The fraction of sp³-hybridized carbons (Fsp3) is 0.500. The minimum atomic E-state index is -3.66. The molecule has 0 aliphatic heterocycles. The molecule has 1 aromatic rings. The Balaban J connectivity index is 2.59. The molecule has 0 heterocycles. The van der Waals surface area contributed by atoms with Crippen molar-refractivity contribution in [3.05, 3.63) is 24.3 Å². The predicted octanol–water partition coefficient (Wildman–Crippen LogP) is 1.80. The molecule has 0 atom stereocenters. The normalized spacial score (nSPS) is 12.0. The summed E-state index contributed by atoms with van der Waals surface area (Å²) in [4.78, 5) is 10.7. The van der Waals surface area contributed by atoms with Gasteiger partial charge in [-0.3, -0.25) is 0 Å². The second-order valence-corrected chi connectivity index (χ2v) is 7.20. The van der Waals surface area contributed by atoms with Gasteiger partial charge in [0.1, 0.15) is 10.6 Å². The van der Waals surface area contributed by atoms with Crippen molar-refractivity contribution in [2.24, 2.45) is 0 Å². The van der Waals surface area contributed by atoms with E-state index in [-0.39, 0.29) is 17.2 Å². The number of hydrogen-bond acceptors (Lipinski definition) is 4. The maximum Gasteiger partial charge on any atom is 0.405 e. The number of para-hydroxylation sites is 1. The van der Waals surface area contributed by atoms with Gasteiger partial charge in [0.05, 0.1) is 7.11 Å². The summed E-state index contributed by atoms with van der Waals surface area (Å²) in [5.41, 5.74) is -0.609. The summed E-state index contributed by atoms with van der Waals surface area (Å²) in [6.45, 7) is 3.71. The molecule has 1 amide bonds. The predicted molar refractivity (Wildman–Crippen MR) is 82.7 cm³/mol. The van der Waals surface area contributed by atoms with Crippen molar-refractivity contribution in [3.63, 3.8) is 0 Å². The first-order valence-electron chi connectivity index (χ1n) is 6.82. The molecule has 0 radical (unpaired) electrons. The molecule has 1 aromatic carbocycles. The summed E-state index contributed by atoms with van der Waals surface area (Å²) in [6.07, 6.45) is -0.0883. The third kappa shape index (κ3) is 5.53. The molecule has 0 fully saturated rings. The van der Waals surface area contributed by atoms with Gasteiger partial charge in [-0.05, 0) is 38.8 Å². The van der Waals surface area contributed by atoms with E-state index in [4.69, 9.17) is 9.84 Å². The summed E-state index contributed by atoms with van der Waals surface area (Å²) < 4.78 is 32.0. The molecule has 3 N–H and O–H groups in total. The number of nitrogens with one attached hydrogen (secondary N) is 2. The smallest absolute Gasteiger partial charge is 0.405 e. The first kappa shape index (κ1) is 18.2. The van der Waals surface area contributed by atoms with Crippen LogP contribution in [0.15, 0.2) is 29.2 Å². The number of carbonyl (C=O) groups is 1. The molecule has 0 aliphatic carbocycles. The Morgan fingerprint density at radius 1 is 1.32 bits per heavy atom. The average Bonchev–Trinajstić information content (AvgIpc) is 2.42. The fourth-order valence-electron chi connectivity index (χ4n) is 2.01. The molecule has 0 spiro atoms. The zero-order valence-electron chi connectivity index (χ0n) is 12.9. The number of rotatable bonds is 8. The molecular weight excluding hydrogens is 308 g/mol. The van der Waals surface area contributed by atoms with E-state index in [0.717, 1.165) is 0 Å². The topological polar surface area (TPSA) is 105 Å². The van der Waals surface area contributed by atoms with Crippen molar-refractivity contribution in [1.29, 1.82) is 0 Å². The Labute approximate surface area is 130 Å². The van der Waals surface area contributed by atoms with Gasteiger partial charge in [-0.25, -0.2) is 17.9 Å². The van der Waals surface area contributed by atoms with E-state index in [1.165, 1.54) is 13.2 Å². The molecule has 8 heteroatoms. The standard InChI is InChI=1S/C14H22N2O5S/c1-14(2,16-13(17)18)9-6-10-15-22(19,20)12-8-5-4-7-11(12)21-3/h4-5,7-8,15-16H,6,9-10H2,1-3H3,(H,17,18). The lowest BCUT2D eigenvalue weighted by Gasteiger charge is -2.24. The summed E-state index contributed by atoms with van der Waals surface area (Å²) in [5, 5.41) is 11.1. The second-order valence-electron chi connectivity index (χ2n) is 5.47. The van der Waals surface area contributed by atoms with E-state index in [1.54, 1.807) is 32.0 Å². The van der Waals surface area contributed by atoms with Crippen molar-refractivity contribution in [3.8, 4) is 5.75 Å². The van der Waals surface area contributed by atoms with Crippen molar-refractivity contribution < 1.29 is 23.1 Å². The van der Waals surface area contributed by atoms with Crippen LogP contribution < -0.4 is 14.8 Å². The van der Waals surface area contributed by atoms with E-state index >= 15 is 0 Å². The molecule has 22 heavy (non-hydrogen) atoms. The quantitative estimate of drug-likeness (QED) is 0.630. The van der Waals surface area contributed by atoms with E-state index < -0.39 is 21.7 Å². The van der Waals surface area contributed by atoms with Crippen molar-refractivity contribution in [2.75, 3.05) is 13.7 Å². The maximum atomic E-state index is 12.2. The summed E-state index contributed by atoms with van der Waals surface area (Å²) in [7, 11) is -2.24. The molecule has 0 saturated heterocycles. The van der Waals surface area contributed by atoms with Crippen LogP contribution in [0.2, 0.25) is 0 Å². The van der Waals surface area contributed by atoms with Gasteiger partial charge < -0.3 is 15.2 Å². The SMILES string of the molecule is COc1ccccc1S(=O)(=O)NCCCC(C)(C)NC(=O)O. The summed E-state index contributed by atoms with van der Waals surface area (Å²) >= 11 is 0. The molecule has 7 nitrogen and oxygen atoms in total. The Kier molecular flexibility index (Phi) is 6.19. The number of carboxylic acid groups (broad SMARTS) is 1. The number of hydrogen-bond donors (Lipinski definition) is 3. The van der Waals surface area contributed by atoms with Crippen LogP contribution in [0.1, 0.15) is 26.7 Å². The van der Waals surface area contributed by atoms with Crippen LogP contribution in [0.25, 0.3) is 0 Å². The van der Waals surface area contributed by atoms with Crippen molar-refractivity contribution >= 4 is 16.1 Å². The minimum Gasteiger partial charge on any atom is -0.495 e. The van der Waals surface area contributed by atoms with Crippen LogP contribution in [-0.4, -0.2) is 38.8 Å². The summed E-state index contributed by atoms with van der Waals surface area (Å²) in [6, 6.07) is 6.36. The maximum absolute atomic E-state index is 12.2. The Morgan fingerprint density at radius 2 is 1.95 bits per heavy atom. The molecular formula is C14H22N2O5S. The van der Waals surface area contributed by atoms with Crippen molar-refractivity contribution in [2.45, 2.75) is 37.1 Å². The number of methoxy groups -OCH3 is 1. The monoisotopic (exact) mass is 330 g/mol. The molecule has 0 unspecified atom stereocenters. The van der Waals surface area contributed by atoms with Gasteiger partial charge in [-0.2, -0.15) is 0 Å². The third-order valence-corrected chi connectivity index (χ3v) is 4.58. The second kappa shape index (κ2) is 7.46. The fourth-order valence-corrected chi connectivity index (χ4v) is 3.25. The van der Waals surface area contributed by atoms with E-state index in [1.807, 2.05) is 0 Å². The molecule has 0 aromatic heterocycles. The van der Waals surface area contributed by atoms with Crippen molar-refractivity contribution in [1.82, 2.24) is 10.0 Å². The molecule has 0 bridgehead atoms. The number of sulfonamides is 1. The van der Waals surface area contributed by atoms with Gasteiger partial charge in [0.25, 0.3) is 0 Å². The van der Waals surface area contributed by atoms with Gasteiger partial charge >= 0.3 is 6.09 Å². The molecule has 0 saturated carbocycles. The lowest BCUT2D eigenvalue weighted by molar-refractivity contribution is 0.180. The van der Waals surface area contributed by atoms with Crippen LogP contribution in [0.3, 0.4) is 0 Å². The average molecular weight is 330 g/mol. The van der Waals surface area contributed by atoms with E-state index in [2.05, 4.69) is 10.0 Å². The van der Waals surface area contributed by atoms with E-state index in [9.17, 15) is 13.2 Å². The van der Waals surface area contributed by atoms with Gasteiger partial charge in [0, 0.05) is 12.1 Å². The summed E-state index contributed by atoms with van der Waals surface area (Å²) in [5.74, 6) is 0.280. The lowest BCUT2D eigenvalue weighted by atomic mass is 9.99. The zero-order chi connectivity index (χ0) is 16.8. The van der Waals surface area contributed by atoms with Crippen LogP contribution in [0, 0.1) is 0 Å². The van der Waals surface area contributed by atoms with Crippen LogP contribution >= 0.6 is 0 Å². The Bertz CT molecular complexity index is 613. The minimum absolute atomic E-state index is 0.0837. The van der Waals surface area contributed by atoms with Gasteiger partial charge in [-0.15, -0.1) is 0 Å². The molecule has 124 valence electrons. The third-order valence-electron chi connectivity index (χ3n) is 3.07. The van der Waals surface area contributed by atoms with Crippen LogP contribution in [0.4, 0.5) is 4.79 Å².